The quantitative estimate of drug-likeness (QED) is 0.942. The van der Waals surface area contributed by atoms with E-state index in [1.165, 1.54) is 6.07 Å². The van der Waals surface area contributed by atoms with E-state index < -0.39 is 0 Å². The number of nitrogens with zero attached hydrogens (tertiary/aromatic N) is 1. The Balaban J connectivity index is 2.01. The number of hydrogen-bond acceptors (Lipinski definition) is 2. The molecule has 1 amide bonds. The van der Waals surface area contributed by atoms with E-state index in [0.717, 1.165) is 6.42 Å². The summed E-state index contributed by atoms with van der Waals surface area (Å²) >= 11 is 0. The molecule has 21 heavy (non-hydrogen) atoms. The molecule has 2 N–H and O–H groups in total. The molecular weight excluding hydrogens is 267 g/mol. The fourth-order valence-electron chi connectivity index (χ4n) is 2.69. The molecule has 1 fully saturated rings. The molecular formula is C17H17FN2O. The lowest BCUT2D eigenvalue weighted by Crippen LogP contribution is -2.54. The number of likely N-dealkylation sites (tertiary alicyclic amines) is 1. The van der Waals surface area contributed by atoms with Crippen LogP contribution in [-0.2, 0) is 0 Å². The van der Waals surface area contributed by atoms with E-state index in [9.17, 15) is 9.18 Å². The number of halogens is 1. The highest BCUT2D eigenvalue weighted by atomic mass is 19.1. The molecule has 0 saturated carbocycles. The molecule has 0 radical (unpaired) electrons. The van der Waals surface area contributed by atoms with Crippen molar-refractivity contribution < 1.29 is 9.18 Å². The number of amides is 1. The molecule has 0 aliphatic carbocycles. The van der Waals surface area contributed by atoms with Gasteiger partial charge in [-0.2, -0.15) is 0 Å². The number of rotatable bonds is 3. The Morgan fingerprint density at radius 3 is 2.43 bits per heavy atom. The van der Waals surface area contributed by atoms with Crippen LogP contribution in [0.1, 0.15) is 16.8 Å². The highest BCUT2D eigenvalue weighted by molar-refractivity contribution is 6.01. The van der Waals surface area contributed by atoms with E-state index in [4.69, 9.17) is 5.73 Å². The summed E-state index contributed by atoms with van der Waals surface area (Å²) in [5.41, 5.74) is 7.27. The van der Waals surface area contributed by atoms with Gasteiger partial charge in [0.2, 0.25) is 0 Å². The van der Waals surface area contributed by atoms with Crippen molar-refractivity contribution in [2.45, 2.75) is 12.5 Å². The van der Waals surface area contributed by atoms with Crippen molar-refractivity contribution in [2.24, 2.45) is 5.73 Å². The Kier molecular flexibility index (Phi) is 3.71. The van der Waals surface area contributed by atoms with Gasteiger partial charge in [-0.05, 0) is 24.1 Å². The number of benzene rings is 2. The molecule has 1 saturated heterocycles. The van der Waals surface area contributed by atoms with Gasteiger partial charge in [0.05, 0.1) is 0 Å². The molecule has 0 aromatic heterocycles. The van der Waals surface area contributed by atoms with Gasteiger partial charge in [-0.25, -0.2) is 4.39 Å². The van der Waals surface area contributed by atoms with Crippen molar-refractivity contribution in [3.05, 3.63) is 59.9 Å². The minimum Gasteiger partial charge on any atom is -0.334 e. The van der Waals surface area contributed by atoms with Gasteiger partial charge in [0.15, 0.2) is 0 Å². The van der Waals surface area contributed by atoms with Gasteiger partial charge in [0.25, 0.3) is 5.91 Å². The first-order valence-electron chi connectivity index (χ1n) is 7.07. The normalized spacial score (nSPS) is 17.4. The van der Waals surface area contributed by atoms with E-state index in [-0.39, 0.29) is 17.8 Å². The van der Waals surface area contributed by atoms with E-state index in [0.29, 0.717) is 29.8 Å². The maximum atomic E-state index is 14.0. The molecule has 1 aliphatic heterocycles. The van der Waals surface area contributed by atoms with Crippen molar-refractivity contribution in [1.82, 2.24) is 4.90 Å². The van der Waals surface area contributed by atoms with Gasteiger partial charge < -0.3 is 10.6 Å². The molecule has 3 rings (SSSR count). The molecule has 1 atom stereocenters. The van der Waals surface area contributed by atoms with Crippen molar-refractivity contribution in [3.8, 4) is 11.1 Å². The molecule has 1 aliphatic rings. The lowest BCUT2D eigenvalue weighted by atomic mass is 9.95. The number of carbonyl (C=O) groups excluding carboxylic acids is 1. The fraction of sp³-hybridized carbons (Fsp3) is 0.235. The predicted octanol–water partition coefficient (Wildman–Crippen LogP) is 2.67. The van der Waals surface area contributed by atoms with Gasteiger partial charge in [0, 0.05) is 30.3 Å². The smallest absolute Gasteiger partial charge is 0.254 e. The second-order valence-corrected chi connectivity index (χ2v) is 5.20. The van der Waals surface area contributed by atoms with Crippen molar-refractivity contribution in [3.63, 3.8) is 0 Å². The van der Waals surface area contributed by atoms with Crippen LogP contribution in [0.2, 0.25) is 0 Å². The van der Waals surface area contributed by atoms with Crippen LogP contribution in [0, 0.1) is 5.82 Å². The van der Waals surface area contributed by atoms with Gasteiger partial charge >= 0.3 is 0 Å². The zero-order valence-electron chi connectivity index (χ0n) is 11.6. The van der Waals surface area contributed by atoms with Gasteiger partial charge in [-0.1, -0.05) is 36.4 Å². The van der Waals surface area contributed by atoms with Gasteiger partial charge in [-0.15, -0.1) is 0 Å². The van der Waals surface area contributed by atoms with E-state index in [1.54, 1.807) is 41.3 Å². The molecule has 0 spiro atoms. The molecule has 0 bridgehead atoms. The zero-order valence-corrected chi connectivity index (χ0v) is 11.6. The molecule has 1 heterocycles. The highest BCUT2D eigenvalue weighted by Gasteiger charge is 2.32. The largest absolute Gasteiger partial charge is 0.334 e. The third-order valence-corrected chi connectivity index (χ3v) is 4.00. The Bertz CT molecular complexity index is 669. The van der Waals surface area contributed by atoms with E-state index >= 15 is 0 Å². The van der Waals surface area contributed by atoms with Crippen molar-refractivity contribution >= 4 is 5.91 Å². The van der Waals surface area contributed by atoms with Crippen LogP contribution in [0.3, 0.4) is 0 Å². The lowest BCUT2D eigenvalue weighted by molar-refractivity contribution is 0.0482. The summed E-state index contributed by atoms with van der Waals surface area (Å²) in [4.78, 5) is 14.4. The minimum atomic E-state index is -0.322. The van der Waals surface area contributed by atoms with Crippen LogP contribution in [-0.4, -0.2) is 29.9 Å². The molecule has 108 valence electrons. The van der Waals surface area contributed by atoms with Crippen LogP contribution in [0.4, 0.5) is 4.39 Å². The highest BCUT2D eigenvalue weighted by Crippen LogP contribution is 2.29. The average Bonchev–Trinajstić information content (AvgIpc) is 2.47. The maximum absolute atomic E-state index is 14.0. The number of carbonyl (C=O) groups is 1. The monoisotopic (exact) mass is 284 g/mol. The van der Waals surface area contributed by atoms with Crippen LogP contribution in [0.15, 0.2) is 48.5 Å². The number of nitrogens with two attached hydrogens (primary N) is 1. The molecule has 3 nitrogen and oxygen atoms in total. The van der Waals surface area contributed by atoms with Crippen LogP contribution in [0.25, 0.3) is 11.1 Å². The maximum Gasteiger partial charge on any atom is 0.254 e. The summed E-state index contributed by atoms with van der Waals surface area (Å²) in [7, 11) is 0. The Hall–Kier alpha value is -2.20. The first-order chi connectivity index (χ1) is 10.2. The summed E-state index contributed by atoms with van der Waals surface area (Å²) in [6.07, 6.45) is 0.935. The number of hydrogen-bond donors (Lipinski definition) is 1. The molecule has 2 aromatic rings. The predicted molar refractivity (Wildman–Crippen MR) is 80.3 cm³/mol. The van der Waals surface area contributed by atoms with E-state index in [2.05, 4.69) is 0 Å². The third kappa shape index (κ3) is 2.43. The van der Waals surface area contributed by atoms with Crippen LogP contribution < -0.4 is 5.73 Å². The SMILES string of the molecule is NCC1CCN1C(=O)c1ccccc1-c1ccccc1F. The molecule has 1 unspecified atom stereocenters. The topological polar surface area (TPSA) is 46.3 Å². The molecule has 2 aromatic carbocycles. The lowest BCUT2D eigenvalue weighted by Gasteiger charge is -2.40. The second-order valence-electron chi connectivity index (χ2n) is 5.20. The Labute approximate surface area is 123 Å². The van der Waals surface area contributed by atoms with Gasteiger partial charge in [-0.3, -0.25) is 4.79 Å². The Morgan fingerprint density at radius 1 is 1.14 bits per heavy atom. The standard InChI is InChI=1S/C17H17FN2O/c18-16-8-4-3-6-14(16)13-5-1-2-7-15(13)17(21)20-10-9-12(20)11-19/h1-8,12H,9-11,19H2. The van der Waals surface area contributed by atoms with Crippen LogP contribution in [0.5, 0.6) is 0 Å². The zero-order chi connectivity index (χ0) is 14.8. The first-order valence-corrected chi connectivity index (χ1v) is 7.07. The minimum absolute atomic E-state index is 0.0736. The summed E-state index contributed by atoms with van der Waals surface area (Å²) in [5.74, 6) is -0.396. The summed E-state index contributed by atoms with van der Waals surface area (Å²) in [5, 5.41) is 0. The second kappa shape index (κ2) is 5.66. The third-order valence-electron chi connectivity index (χ3n) is 4.00. The van der Waals surface area contributed by atoms with Crippen molar-refractivity contribution in [2.75, 3.05) is 13.1 Å². The summed E-state index contributed by atoms with van der Waals surface area (Å²) < 4.78 is 14.0. The fourth-order valence-corrected chi connectivity index (χ4v) is 2.69. The Morgan fingerprint density at radius 2 is 1.81 bits per heavy atom. The summed E-state index contributed by atoms with van der Waals surface area (Å²) in [6, 6.07) is 13.8. The summed E-state index contributed by atoms with van der Waals surface area (Å²) in [6.45, 7) is 1.18. The average molecular weight is 284 g/mol. The first kappa shape index (κ1) is 13.8. The van der Waals surface area contributed by atoms with E-state index in [1.807, 2.05) is 6.07 Å². The molecule has 4 heteroatoms. The van der Waals surface area contributed by atoms with Crippen LogP contribution >= 0.6 is 0 Å². The van der Waals surface area contributed by atoms with Gasteiger partial charge in [0.1, 0.15) is 5.82 Å². The van der Waals surface area contributed by atoms with Crippen molar-refractivity contribution in [1.29, 1.82) is 0 Å².